The summed E-state index contributed by atoms with van der Waals surface area (Å²) >= 11 is 0. The minimum atomic E-state index is 0. The Bertz CT molecular complexity index is 798. The molecule has 0 amide bonds. The highest BCUT2D eigenvalue weighted by Gasteiger charge is 2.27. The zero-order valence-corrected chi connectivity index (χ0v) is 20.7. The van der Waals surface area contributed by atoms with Crippen LogP contribution in [-0.4, -0.2) is 91.9 Å². The van der Waals surface area contributed by atoms with E-state index in [4.69, 9.17) is 13.7 Å². The Hall–Kier alpha value is -1.63. The van der Waals surface area contributed by atoms with Crippen molar-refractivity contribution < 1.29 is 13.7 Å². The fourth-order valence-corrected chi connectivity index (χ4v) is 4.12. The zero-order chi connectivity index (χ0) is 20.8. The van der Waals surface area contributed by atoms with Gasteiger partial charge in [0.25, 0.3) is 0 Å². The van der Waals surface area contributed by atoms with E-state index in [-0.39, 0.29) is 30.0 Å². The minimum Gasteiger partial charge on any atom is -0.465 e. The van der Waals surface area contributed by atoms with Crippen molar-refractivity contribution in [3.05, 3.63) is 41.7 Å². The number of hydrogen-bond acceptors (Lipinski definition) is 7. The first-order chi connectivity index (χ1) is 14.7. The predicted octanol–water partition coefficient (Wildman–Crippen LogP) is 1.96. The number of nitrogens with one attached hydrogen (secondary N) is 1. The van der Waals surface area contributed by atoms with E-state index in [1.807, 2.05) is 26.1 Å². The molecule has 0 aliphatic carbocycles. The number of nitrogens with zero attached hydrogens (tertiary/aromatic N) is 5. The van der Waals surface area contributed by atoms with Crippen LogP contribution in [0.2, 0.25) is 0 Å². The van der Waals surface area contributed by atoms with Crippen LogP contribution in [0, 0.1) is 6.92 Å². The summed E-state index contributed by atoms with van der Waals surface area (Å²) in [5, 5.41) is 7.61. The number of ether oxygens (including phenoxy) is 1. The standard InChI is InChI=1S/C21H32N6O3.HI/c1-17-3-4-20(30-17)19(26-10-13-28-14-11-26)15-23-21(22-2)27-8-6-25(7-9-27)16-18-5-12-29-24-18;/h3-5,12,19H,6-11,13-16H2,1-2H3,(H,22,23);1H. The number of rotatable bonds is 6. The van der Waals surface area contributed by atoms with Crippen LogP contribution in [0.15, 0.2) is 38.4 Å². The summed E-state index contributed by atoms with van der Waals surface area (Å²) < 4.78 is 16.5. The van der Waals surface area contributed by atoms with Crippen LogP contribution in [0.5, 0.6) is 0 Å². The molecule has 10 heteroatoms. The second-order valence-electron chi connectivity index (χ2n) is 7.79. The lowest BCUT2D eigenvalue weighted by Gasteiger charge is -2.37. The smallest absolute Gasteiger partial charge is 0.193 e. The SMILES string of the molecule is CN=C(NCC(c1ccc(C)o1)N1CCOCC1)N1CCN(Cc2ccon2)CC1.I. The molecule has 31 heavy (non-hydrogen) atoms. The molecule has 0 spiro atoms. The average Bonchev–Trinajstić information content (AvgIpc) is 3.45. The maximum absolute atomic E-state index is 5.98. The number of aromatic nitrogens is 1. The van der Waals surface area contributed by atoms with Crippen LogP contribution in [0.1, 0.15) is 23.3 Å². The van der Waals surface area contributed by atoms with E-state index in [0.717, 1.165) is 88.7 Å². The molecule has 0 radical (unpaired) electrons. The molecule has 172 valence electrons. The van der Waals surface area contributed by atoms with Gasteiger partial charge in [-0.1, -0.05) is 5.16 Å². The summed E-state index contributed by atoms with van der Waals surface area (Å²) in [4.78, 5) is 11.7. The third kappa shape index (κ3) is 6.43. The summed E-state index contributed by atoms with van der Waals surface area (Å²) in [6, 6.07) is 6.20. The molecule has 0 saturated carbocycles. The molecule has 1 N–H and O–H groups in total. The van der Waals surface area contributed by atoms with Crippen molar-refractivity contribution in [2.45, 2.75) is 19.5 Å². The Morgan fingerprint density at radius 3 is 2.52 bits per heavy atom. The summed E-state index contributed by atoms with van der Waals surface area (Å²) in [5.41, 5.74) is 0.980. The average molecular weight is 544 g/mol. The lowest BCUT2D eigenvalue weighted by molar-refractivity contribution is 0.0123. The lowest BCUT2D eigenvalue weighted by Crippen LogP contribution is -2.53. The van der Waals surface area contributed by atoms with Crippen LogP contribution < -0.4 is 5.32 Å². The van der Waals surface area contributed by atoms with Crippen molar-refractivity contribution in [3.63, 3.8) is 0 Å². The van der Waals surface area contributed by atoms with Crippen LogP contribution in [0.4, 0.5) is 0 Å². The minimum absolute atomic E-state index is 0. The fraction of sp³-hybridized carbons (Fsp3) is 0.619. The molecule has 4 rings (SSSR count). The molecule has 2 fully saturated rings. The van der Waals surface area contributed by atoms with E-state index < -0.39 is 0 Å². The molecule has 2 saturated heterocycles. The van der Waals surface area contributed by atoms with Crippen molar-refractivity contribution in [3.8, 4) is 0 Å². The van der Waals surface area contributed by atoms with Crippen molar-refractivity contribution in [1.82, 2.24) is 25.2 Å². The number of hydrogen-bond donors (Lipinski definition) is 1. The van der Waals surface area contributed by atoms with Gasteiger partial charge in [-0.05, 0) is 19.1 Å². The third-order valence-corrected chi connectivity index (χ3v) is 5.79. The number of piperazine rings is 1. The van der Waals surface area contributed by atoms with Gasteiger partial charge in [0.15, 0.2) is 5.96 Å². The Balaban J connectivity index is 0.00000272. The van der Waals surface area contributed by atoms with Crippen molar-refractivity contribution in [2.75, 3.05) is 66.1 Å². The summed E-state index contributed by atoms with van der Waals surface area (Å²) in [5.74, 6) is 2.88. The Labute approximate surface area is 200 Å². The molecular weight excluding hydrogens is 511 g/mol. The number of halogens is 1. The number of guanidine groups is 1. The maximum Gasteiger partial charge on any atom is 0.193 e. The quantitative estimate of drug-likeness (QED) is 0.336. The second kappa shape index (κ2) is 11.8. The molecular formula is C21H33IN6O3. The monoisotopic (exact) mass is 544 g/mol. The third-order valence-electron chi connectivity index (χ3n) is 5.79. The van der Waals surface area contributed by atoms with Crippen LogP contribution in [-0.2, 0) is 11.3 Å². The van der Waals surface area contributed by atoms with E-state index >= 15 is 0 Å². The summed E-state index contributed by atoms with van der Waals surface area (Å²) in [6.07, 6.45) is 1.63. The molecule has 0 aromatic carbocycles. The van der Waals surface area contributed by atoms with Crippen molar-refractivity contribution in [2.24, 2.45) is 4.99 Å². The highest BCUT2D eigenvalue weighted by atomic mass is 127. The van der Waals surface area contributed by atoms with Gasteiger partial charge in [-0.15, -0.1) is 24.0 Å². The molecule has 9 nitrogen and oxygen atoms in total. The van der Waals surface area contributed by atoms with Crippen molar-refractivity contribution >= 4 is 29.9 Å². The highest BCUT2D eigenvalue weighted by molar-refractivity contribution is 14.0. The Morgan fingerprint density at radius 2 is 1.90 bits per heavy atom. The van der Waals surface area contributed by atoms with Gasteiger partial charge in [-0.25, -0.2) is 0 Å². The van der Waals surface area contributed by atoms with Gasteiger partial charge < -0.3 is 23.9 Å². The predicted molar refractivity (Wildman–Crippen MR) is 129 cm³/mol. The second-order valence-corrected chi connectivity index (χ2v) is 7.79. The molecule has 2 aliphatic rings. The van der Waals surface area contributed by atoms with Gasteiger partial charge in [0.05, 0.1) is 24.9 Å². The van der Waals surface area contributed by atoms with Gasteiger partial charge in [0.1, 0.15) is 17.8 Å². The first-order valence-corrected chi connectivity index (χ1v) is 10.7. The fourth-order valence-electron chi connectivity index (χ4n) is 4.12. The normalized spacial score (nSPS) is 19.8. The van der Waals surface area contributed by atoms with Gasteiger partial charge >= 0.3 is 0 Å². The first-order valence-electron chi connectivity index (χ1n) is 10.7. The first kappa shape index (κ1) is 24.0. The van der Waals surface area contributed by atoms with E-state index in [9.17, 15) is 0 Å². The van der Waals surface area contributed by atoms with E-state index in [0.29, 0.717) is 0 Å². The molecule has 1 unspecified atom stereocenters. The number of aryl methyl sites for hydroxylation is 1. The molecule has 0 bridgehead atoms. The molecule has 2 aliphatic heterocycles. The maximum atomic E-state index is 5.98. The topological polar surface area (TPSA) is 82.5 Å². The van der Waals surface area contributed by atoms with Gasteiger partial charge in [-0.2, -0.15) is 0 Å². The van der Waals surface area contributed by atoms with Gasteiger partial charge in [0.2, 0.25) is 0 Å². The molecule has 2 aromatic heterocycles. The van der Waals surface area contributed by atoms with Crippen LogP contribution in [0.3, 0.4) is 0 Å². The van der Waals surface area contributed by atoms with E-state index in [1.165, 1.54) is 0 Å². The molecule has 1 atom stereocenters. The van der Waals surface area contributed by atoms with Gasteiger partial charge in [-0.3, -0.25) is 14.8 Å². The van der Waals surface area contributed by atoms with Gasteiger partial charge in [0, 0.05) is 65.5 Å². The lowest BCUT2D eigenvalue weighted by atomic mass is 10.1. The Morgan fingerprint density at radius 1 is 1.13 bits per heavy atom. The largest absolute Gasteiger partial charge is 0.465 e. The van der Waals surface area contributed by atoms with E-state index in [2.05, 4.69) is 36.2 Å². The molecule has 4 heterocycles. The summed E-state index contributed by atoms with van der Waals surface area (Å²) in [7, 11) is 1.85. The summed E-state index contributed by atoms with van der Waals surface area (Å²) in [6.45, 7) is 10.7. The number of morpholine rings is 1. The van der Waals surface area contributed by atoms with Crippen molar-refractivity contribution in [1.29, 1.82) is 0 Å². The zero-order valence-electron chi connectivity index (χ0n) is 18.3. The number of aliphatic imine (C=N–C) groups is 1. The van der Waals surface area contributed by atoms with Crippen LogP contribution >= 0.6 is 24.0 Å². The Kier molecular flexibility index (Phi) is 9.17. The molecule has 2 aromatic rings. The van der Waals surface area contributed by atoms with Crippen LogP contribution in [0.25, 0.3) is 0 Å². The van der Waals surface area contributed by atoms with E-state index in [1.54, 1.807) is 6.26 Å². The number of furan rings is 1. The highest BCUT2D eigenvalue weighted by Crippen LogP contribution is 2.23.